The van der Waals surface area contributed by atoms with Crippen LogP contribution in [0.1, 0.15) is 52.9 Å². The molecule has 0 aromatic heterocycles. The first-order valence-corrected chi connectivity index (χ1v) is 10.3. The van der Waals surface area contributed by atoms with Gasteiger partial charge in [-0.05, 0) is 64.8 Å². The predicted octanol–water partition coefficient (Wildman–Crippen LogP) is 4.81. The van der Waals surface area contributed by atoms with Crippen LogP contribution in [0.25, 0.3) is 0 Å². The quantitative estimate of drug-likeness (QED) is 0.698. The Morgan fingerprint density at radius 3 is 2.04 bits per heavy atom. The monoisotopic (exact) mass is 368 g/mol. The van der Waals surface area contributed by atoms with Crippen molar-refractivity contribution in [1.82, 2.24) is 0 Å². The lowest BCUT2D eigenvalue weighted by molar-refractivity contribution is 0.00578. The van der Waals surface area contributed by atoms with Crippen LogP contribution in [-0.4, -0.2) is 44.5 Å². The van der Waals surface area contributed by atoms with E-state index in [4.69, 9.17) is 18.8 Å². The number of benzene rings is 1. The summed E-state index contributed by atoms with van der Waals surface area (Å²) in [6.07, 6.45) is 4.08. The van der Waals surface area contributed by atoms with Gasteiger partial charge < -0.3 is 18.8 Å². The summed E-state index contributed by atoms with van der Waals surface area (Å²) in [6, 6.07) is 5.98. The van der Waals surface area contributed by atoms with Crippen molar-refractivity contribution in [2.75, 3.05) is 26.2 Å². The van der Waals surface area contributed by atoms with Crippen LogP contribution in [0.2, 0.25) is 0 Å². The maximum atomic E-state index is 6.14. The maximum absolute atomic E-state index is 6.14. The highest BCUT2D eigenvalue weighted by molar-refractivity contribution is 7.97. The van der Waals surface area contributed by atoms with Gasteiger partial charge in [0.2, 0.25) is 0 Å². The molecule has 1 saturated heterocycles. The van der Waals surface area contributed by atoms with E-state index in [9.17, 15) is 0 Å². The summed E-state index contributed by atoms with van der Waals surface area (Å²) in [4.78, 5) is 0. The zero-order valence-corrected chi connectivity index (χ0v) is 18.0. The number of hydrogen-bond acceptors (Lipinski definition) is 5. The van der Waals surface area contributed by atoms with Crippen LogP contribution in [0.5, 0.6) is 11.5 Å². The summed E-state index contributed by atoms with van der Waals surface area (Å²) in [5, 5.41) is 0. The minimum atomic E-state index is -0.318. The molecule has 0 N–H and O–H groups in total. The number of rotatable bonds is 5. The lowest BCUT2D eigenvalue weighted by Gasteiger charge is -2.32. The van der Waals surface area contributed by atoms with E-state index in [0.29, 0.717) is 6.61 Å². The standard InChI is InChI=1S/C17H27BO4.C2H6S/c1-8-20-15-11-13(9-10-14(15)19-7)12(2)18-21-16(3,4)17(5,6)22-18;1-3-2/h9-12H,8H2,1-7H3;1-2H3. The van der Waals surface area contributed by atoms with Crippen molar-refractivity contribution in [2.24, 2.45) is 0 Å². The smallest absolute Gasteiger partial charge is 0.465 e. The van der Waals surface area contributed by atoms with E-state index < -0.39 is 0 Å². The average molecular weight is 368 g/mol. The lowest BCUT2D eigenvalue weighted by Crippen LogP contribution is -2.41. The fourth-order valence-corrected chi connectivity index (χ4v) is 2.49. The molecule has 0 amide bonds. The van der Waals surface area contributed by atoms with E-state index in [2.05, 4.69) is 34.6 Å². The van der Waals surface area contributed by atoms with Gasteiger partial charge in [0.15, 0.2) is 11.5 Å². The highest BCUT2D eigenvalue weighted by Gasteiger charge is 2.53. The molecule has 1 aliphatic rings. The molecule has 0 radical (unpaired) electrons. The second kappa shape index (κ2) is 9.20. The first-order chi connectivity index (χ1) is 11.6. The van der Waals surface area contributed by atoms with Gasteiger partial charge in [-0.1, -0.05) is 13.0 Å². The lowest BCUT2D eigenvalue weighted by atomic mass is 9.69. The fourth-order valence-electron chi connectivity index (χ4n) is 2.49. The SMILES string of the molecule is CCOc1cc(C(C)B2OC(C)(C)C(C)(C)O2)ccc1OC.CSC. The van der Waals surface area contributed by atoms with E-state index in [1.807, 2.05) is 37.6 Å². The Morgan fingerprint density at radius 2 is 1.60 bits per heavy atom. The molecule has 1 heterocycles. The van der Waals surface area contributed by atoms with E-state index in [1.54, 1.807) is 18.9 Å². The molecule has 1 aromatic carbocycles. The molecular weight excluding hydrogens is 335 g/mol. The summed E-state index contributed by atoms with van der Waals surface area (Å²) in [5.41, 5.74) is 0.477. The average Bonchev–Trinajstić information content (AvgIpc) is 2.76. The van der Waals surface area contributed by atoms with Crippen LogP contribution in [0.4, 0.5) is 0 Å². The minimum Gasteiger partial charge on any atom is -0.493 e. The van der Waals surface area contributed by atoms with E-state index >= 15 is 0 Å². The Hall–Kier alpha value is -0.845. The molecule has 4 nitrogen and oxygen atoms in total. The van der Waals surface area contributed by atoms with E-state index in [1.165, 1.54) is 0 Å². The van der Waals surface area contributed by atoms with Gasteiger partial charge in [0, 0.05) is 5.82 Å². The van der Waals surface area contributed by atoms with Gasteiger partial charge in [-0.15, -0.1) is 0 Å². The third-order valence-electron chi connectivity index (χ3n) is 4.69. The molecule has 0 saturated carbocycles. The van der Waals surface area contributed by atoms with Gasteiger partial charge in [0.25, 0.3) is 0 Å². The third kappa shape index (κ3) is 5.32. The zero-order chi connectivity index (χ0) is 19.3. The van der Waals surface area contributed by atoms with Gasteiger partial charge in [0.05, 0.1) is 24.9 Å². The van der Waals surface area contributed by atoms with Gasteiger partial charge in [0.1, 0.15) is 0 Å². The summed E-state index contributed by atoms with van der Waals surface area (Å²) in [7, 11) is 1.38. The predicted molar refractivity (Wildman–Crippen MR) is 108 cm³/mol. The maximum Gasteiger partial charge on any atom is 0.465 e. The Kier molecular flexibility index (Phi) is 8.16. The van der Waals surface area contributed by atoms with E-state index in [0.717, 1.165) is 17.1 Å². The Balaban J connectivity index is 0.000000970. The fraction of sp³-hybridized carbons (Fsp3) is 0.684. The molecule has 2 rings (SSSR count). The molecule has 142 valence electrons. The van der Waals surface area contributed by atoms with Crippen LogP contribution >= 0.6 is 11.8 Å². The van der Waals surface area contributed by atoms with Crippen molar-refractivity contribution in [1.29, 1.82) is 0 Å². The summed E-state index contributed by atoms with van der Waals surface area (Å²) in [5.74, 6) is 1.60. The van der Waals surface area contributed by atoms with Crippen molar-refractivity contribution < 1.29 is 18.8 Å². The van der Waals surface area contributed by atoms with Crippen molar-refractivity contribution in [3.05, 3.63) is 23.8 Å². The Labute approximate surface area is 158 Å². The van der Waals surface area contributed by atoms with Crippen LogP contribution < -0.4 is 9.47 Å². The highest BCUT2D eigenvalue weighted by atomic mass is 32.2. The molecule has 0 bridgehead atoms. The normalized spacial score (nSPS) is 19.0. The van der Waals surface area contributed by atoms with Crippen molar-refractivity contribution >= 4 is 18.9 Å². The van der Waals surface area contributed by atoms with Gasteiger partial charge in [-0.25, -0.2) is 0 Å². The van der Waals surface area contributed by atoms with Crippen LogP contribution in [0, 0.1) is 0 Å². The molecule has 1 unspecified atom stereocenters. The molecule has 1 fully saturated rings. The Bertz CT molecular complexity index is 532. The molecule has 25 heavy (non-hydrogen) atoms. The first-order valence-electron chi connectivity index (χ1n) is 8.70. The van der Waals surface area contributed by atoms with Gasteiger partial charge in [-0.2, -0.15) is 11.8 Å². The molecule has 1 aliphatic heterocycles. The summed E-state index contributed by atoms with van der Waals surface area (Å²) < 4.78 is 23.3. The molecule has 6 heteroatoms. The van der Waals surface area contributed by atoms with Crippen LogP contribution in [0.3, 0.4) is 0 Å². The summed E-state index contributed by atoms with van der Waals surface area (Å²) >= 11 is 1.75. The summed E-state index contributed by atoms with van der Waals surface area (Å²) in [6.45, 7) is 13.0. The van der Waals surface area contributed by atoms with E-state index in [-0.39, 0.29) is 24.1 Å². The number of ether oxygens (including phenoxy) is 2. The number of hydrogen-bond donors (Lipinski definition) is 0. The molecule has 1 aromatic rings. The Morgan fingerprint density at radius 1 is 1.08 bits per heavy atom. The second-order valence-corrected chi connectivity index (χ2v) is 7.98. The molecule has 1 atom stereocenters. The number of methoxy groups -OCH3 is 1. The van der Waals surface area contributed by atoms with Crippen molar-refractivity contribution in [2.45, 2.75) is 58.6 Å². The zero-order valence-electron chi connectivity index (χ0n) is 17.1. The third-order valence-corrected chi connectivity index (χ3v) is 4.69. The van der Waals surface area contributed by atoms with Crippen LogP contribution in [-0.2, 0) is 9.31 Å². The van der Waals surface area contributed by atoms with Crippen molar-refractivity contribution in [3.8, 4) is 11.5 Å². The molecule has 0 spiro atoms. The number of thioether (sulfide) groups is 1. The van der Waals surface area contributed by atoms with Crippen LogP contribution in [0.15, 0.2) is 18.2 Å². The first kappa shape index (κ1) is 22.2. The van der Waals surface area contributed by atoms with Gasteiger partial charge >= 0.3 is 7.12 Å². The van der Waals surface area contributed by atoms with Crippen molar-refractivity contribution in [3.63, 3.8) is 0 Å². The second-order valence-electron chi connectivity index (χ2n) is 7.16. The minimum absolute atomic E-state index is 0.103. The topological polar surface area (TPSA) is 36.9 Å². The van der Waals surface area contributed by atoms with Gasteiger partial charge in [-0.3, -0.25) is 0 Å². The largest absolute Gasteiger partial charge is 0.493 e. The highest BCUT2D eigenvalue weighted by Crippen LogP contribution is 2.41. The molecular formula is C19H33BO4S. The molecule has 0 aliphatic carbocycles.